The number of rotatable bonds is 5. The van der Waals surface area contributed by atoms with E-state index in [1.807, 2.05) is 26.0 Å². The van der Waals surface area contributed by atoms with Crippen LogP contribution in [0.2, 0.25) is 0 Å². The fraction of sp³-hybridized carbons (Fsp3) is 0.529. The van der Waals surface area contributed by atoms with Gasteiger partial charge in [0.25, 0.3) is 5.91 Å². The lowest BCUT2D eigenvalue weighted by Gasteiger charge is -2.19. The standard InChI is InChI=1S/C17H23NO3/c1-11(2)9-15(17(20)21)18-16(19)14-8-7-12-5-3-4-6-13(12)10-14/h7-8,10-11,15H,3-6,9H2,1-2H3,(H,18,19)(H,20,21)/t15-/m1/s1. The van der Waals surface area contributed by atoms with Crippen LogP contribution in [0.4, 0.5) is 0 Å². The van der Waals surface area contributed by atoms with Crippen LogP contribution in [-0.4, -0.2) is 23.0 Å². The Kier molecular flexibility index (Phi) is 4.99. The van der Waals surface area contributed by atoms with Crippen molar-refractivity contribution in [1.82, 2.24) is 5.32 Å². The quantitative estimate of drug-likeness (QED) is 0.876. The summed E-state index contributed by atoms with van der Waals surface area (Å²) < 4.78 is 0. The number of aliphatic carboxylic acids is 1. The maximum atomic E-state index is 12.3. The number of benzene rings is 1. The van der Waals surface area contributed by atoms with Crippen LogP contribution in [0.15, 0.2) is 18.2 Å². The largest absolute Gasteiger partial charge is 0.480 e. The number of amides is 1. The number of nitrogens with one attached hydrogen (secondary N) is 1. The molecule has 1 aliphatic rings. The Balaban J connectivity index is 2.10. The molecule has 1 atom stereocenters. The molecule has 1 aromatic carbocycles. The first-order valence-corrected chi connectivity index (χ1v) is 7.63. The van der Waals surface area contributed by atoms with Gasteiger partial charge in [0.2, 0.25) is 0 Å². The first kappa shape index (κ1) is 15.5. The van der Waals surface area contributed by atoms with Gasteiger partial charge in [0.1, 0.15) is 6.04 Å². The average Bonchev–Trinajstić information content (AvgIpc) is 2.45. The van der Waals surface area contributed by atoms with Crippen LogP contribution in [0, 0.1) is 5.92 Å². The molecule has 0 saturated heterocycles. The first-order chi connectivity index (χ1) is 9.97. The van der Waals surface area contributed by atoms with Gasteiger partial charge >= 0.3 is 5.97 Å². The highest BCUT2D eigenvalue weighted by molar-refractivity contribution is 5.96. The molecule has 2 N–H and O–H groups in total. The van der Waals surface area contributed by atoms with Crippen LogP contribution >= 0.6 is 0 Å². The second kappa shape index (κ2) is 6.74. The molecule has 0 fully saturated rings. The molecule has 21 heavy (non-hydrogen) atoms. The van der Waals surface area contributed by atoms with Gasteiger partial charge in [-0.1, -0.05) is 19.9 Å². The van der Waals surface area contributed by atoms with Gasteiger partial charge in [-0.15, -0.1) is 0 Å². The van der Waals surface area contributed by atoms with Crippen molar-refractivity contribution in [2.75, 3.05) is 0 Å². The number of hydrogen-bond donors (Lipinski definition) is 2. The van der Waals surface area contributed by atoms with Gasteiger partial charge in [-0.05, 0) is 61.3 Å². The van der Waals surface area contributed by atoms with E-state index in [2.05, 4.69) is 5.32 Å². The molecule has 4 heteroatoms. The molecular weight excluding hydrogens is 266 g/mol. The van der Waals surface area contributed by atoms with Crippen LogP contribution in [0.5, 0.6) is 0 Å². The van der Waals surface area contributed by atoms with Crippen molar-refractivity contribution < 1.29 is 14.7 Å². The summed E-state index contributed by atoms with van der Waals surface area (Å²) >= 11 is 0. The number of fused-ring (bicyclic) bond motifs is 1. The predicted octanol–water partition coefficient (Wildman–Crippen LogP) is 2.79. The zero-order valence-electron chi connectivity index (χ0n) is 12.7. The van der Waals surface area contributed by atoms with Gasteiger partial charge in [0, 0.05) is 5.56 Å². The molecule has 114 valence electrons. The van der Waals surface area contributed by atoms with Crippen LogP contribution in [-0.2, 0) is 17.6 Å². The van der Waals surface area contributed by atoms with Crippen molar-refractivity contribution in [2.45, 2.75) is 52.0 Å². The van der Waals surface area contributed by atoms with E-state index in [4.69, 9.17) is 0 Å². The molecule has 2 rings (SSSR count). The molecule has 1 aliphatic carbocycles. The smallest absolute Gasteiger partial charge is 0.326 e. The lowest BCUT2D eigenvalue weighted by molar-refractivity contribution is -0.139. The molecule has 0 radical (unpaired) electrons. The topological polar surface area (TPSA) is 66.4 Å². The summed E-state index contributed by atoms with van der Waals surface area (Å²) in [5.41, 5.74) is 3.10. The van der Waals surface area contributed by atoms with E-state index in [0.717, 1.165) is 19.3 Å². The van der Waals surface area contributed by atoms with Gasteiger partial charge in [0.05, 0.1) is 0 Å². The molecule has 0 heterocycles. The van der Waals surface area contributed by atoms with Gasteiger partial charge in [-0.25, -0.2) is 4.79 Å². The molecule has 0 aromatic heterocycles. The Morgan fingerprint density at radius 1 is 1.19 bits per heavy atom. The fourth-order valence-corrected chi connectivity index (χ4v) is 2.81. The molecule has 4 nitrogen and oxygen atoms in total. The van der Waals surface area contributed by atoms with Gasteiger partial charge in [0.15, 0.2) is 0 Å². The summed E-state index contributed by atoms with van der Waals surface area (Å²) in [5.74, 6) is -1.05. The molecule has 0 spiro atoms. The highest BCUT2D eigenvalue weighted by Gasteiger charge is 2.22. The van der Waals surface area contributed by atoms with Crippen LogP contribution in [0.1, 0.15) is 54.6 Å². The van der Waals surface area contributed by atoms with E-state index in [0.29, 0.717) is 12.0 Å². The summed E-state index contributed by atoms with van der Waals surface area (Å²) in [6.07, 6.45) is 4.87. The lowest BCUT2D eigenvalue weighted by Crippen LogP contribution is -2.41. The number of carboxylic acids is 1. The fourth-order valence-electron chi connectivity index (χ4n) is 2.81. The number of carbonyl (C=O) groups excluding carboxylic acids is 1. The third-order valence-corrected chi connectivity index (χ3v) is 3.92. The summed E-state index contributed by atoms with van der Waals surface area (Å²) in [5, 5.41) is 11.8. The van der Waals surface area contributed by atoms with Gasteiger partial charge in [-0.2, -0.15) is 0 Å². The zero-order valence-corrected chi connectivity index (χ0v) is 12.7. The van der Waals surface area contributed by atoms with Crippen molar-refractivity contribution in [3.63, 3.8) is 0 Å². The van der Waals surface area contributed by atoms with E-state index in [1.165, 1.54) is 17.5 Å². The van der Waals surface area contributed by atoms with Crippen molar-refractivity contribution in [2.24, 2.45) is 5.92 Å². The van der Waals surface area contributed by atoms with E-state index >= 15 is 0 Å². The maximum Gasteiger partial charge on any atom is 0.326 e. The molecule has 1 aromatic rings. The van der Waals surface area contributed by atoms with Gasteiger partial charge < -0.3 is 10.4 Å². The Morgan fingerprint density at radius 3 is 2.48 bits per heavy atom. The van der Waals surface area contributed by atoms with Crippen molar-refractivity contribution in [3.05, 3.63) is 34.9 Å². The molecule has 0 unspecified atom stereocenters. The third kappa shape index (κ3) is 4.06. The molecule has 0 bridgehead atoms. The monoisotopic (exact) mass is 289 g/mol. The highest BCUT2D eigenvalue weighted by atomic mass is 16.4. The lowest BCUT2D eigenvalue weighted by atomic mass is 9.90. The van der Waals surface area contributed by atoms with E-state index in [1.54, 1.807) is 6.07 Å². The summed E-state index contributed by atoms with van der Waals surface area (Å²) in [6.45, 7) is 3.89. The van der Waals surface area contributed by atoms with Gasteiger partial charge in [-0.3, -0.25) is 4.79 Å². The number of carboxylic acid groups (broad SMARTS) is 1. The van der Waals surface area contributed by atoms with E-state index in [9.17, 15) is 14.7 Å². The number of aryl methyl sites for hydroxylation is 2. The van der Waals surface area contributed by atoms with Crippen LogP contribution in [0.25, 0.3) is 0 Å². The minimum atomic E-state index is -0.977. The molecule has 1 amide bonds. The summed E-state index contributed by atoms with van der Waals surface area (Å²) in [7, 11) is 0. The number of carbonyl (C=O) groups is 2. The Bertz CT molecular complexity index is 537. The summed E-state index contributed by atoms with van der Waals surface area (Å²) in [4.78, 5) is 23.5. The molecule has 0 aliphatic heterocycles. The average molecular weight is 289 g/mol. The Hall–Kier alpha value is -1.84. The van der Waals surface area contributed by atoms with Crippen LogP contribution < -0.4 is 5.32 Å². The third-order valence-electron chi connectivity index (χ3n) is 3.92. The van der Waals surface area contributed by atoms with Crippen LogP contribution in [0.3, 0.4) is 0 Å². The minimum Gasteiger partial charge on any atom is -0.480 e. The Labute approximate surface area is 125 Å². The highest BCUT2D eigenvalue weighted by Crippen LogP contribution is 2.22. The van der Waals surface area contributed by atoms with E-state index in [-0.39, 0.29) is 11.8 Å². The molecular formula is C17H23NO3. The van der Waals surface area contributed by atoms with Crippen molar-refractivity contribution >= 4 is 11.9 Å². The zero-order chi connectivity index (χ0) is 15.4. The Morgan fingerprint density at radius 2 is 1.86 bits per heavy atom. The normalized spacial score (nSPS) is 15.4. The summed E-state index contributed by atoms with van der Waals surface area (Å²) in [6, 6.07) is 4.89. The van der Waals surface area contributed by atoms with Crippen molar-refractivity contribution in [3.8, 4) is 0 Å². The second-order valence-corrected chi connectivity index (χ2v) is 6.18. The predicted molar refractivity (Wildman–Crippen MR) is 81.4 cm³/mol. The number of hydrogen-bond acceptors (Lipinski definition) is 2. The maximum absolute atomic E-state index is 12.3. The van der Waals surface area contributed by atoms with E-state index < -0.39 is 12.0 Å². The SMILES string of the molecule is CC(C)C[C@@H](NC(=O)c1ccc2c(c1)CCCC2)C(=O)O. The van der Waals surface area contributed by atoms with Crippen molar-refractivity contribution in [1.29, 1.82) is 0 Å². The first-order valence-electron chi connectivity index (χ1n) is 7.63. The minimum absolute atomic E-state index is 0.218. The second-order valence-electron chi connectivity index (χ2n) is 6.18. The molecule has 0 saturated carbocycles.